The zero-order chi connectivity index (χ0) is 16.8. The van der Waals surface area contributed by atoms with E-state index in [0.29, 0.717) is 11.3 Å². The van der Waals surface area contributed by atoms with Crippen molar-refractivity contribution in [3.05, 3.63) is 60.2 Å². The van der Waals surface area contributed by atoms with Crippen molar-refractivity contribution in [2.75, 3.05) is 33.2 Å². The zero-order valence-corrected chi connectivity index (χ0v) is 14.9. The molecule has 1 fully saturated rings. The minimum atomic E-state index is -0.0902. The van der Waals surface area contributed by atoms with E-state index in [0.717, 1.165) is 31.9 Å². The highest BCUT2D eigenvalue weighted by atomic mass is 35.5. The summed E-state index contributed by atoms with van der Waals surface area (Å²) in [7, 11) is 2.17. The van der Waals surface area contributed by atoms with E-state index in [1.807, 2.05) is 35.3 Å². The lowest BCUT2D eigenvalue weighted by atomic mass is 10.1. The molecule has 1 aliphatic rings. The summed E-state index contributed by atoms with van der Waals surface area (Å²) < 4.78 is 5.72. The Kier molecular flexibility index (Phi) is 6.98. The summed E-state index contributed by atoms with van der Waals surface area (Å²) >= 11 is 0. The van der Waals surface area contributed by atoms with Crippen LogP contribution in [0.3, 0.4) is 0 Å². The van der Waals surface area contributed by atoms with E-state index in [1.54, 1.807) is 24.3 Å². The largest absolute Gasteiger partial charge is 1.00 e. The average molecular weight is 360 g/mol. The molecule has 2 aromatic rings. The lowest BCUT2D eigenvalue weighted by Crippen LogP contribution is -3.11. The van der Waals surface area contributed by atoms with Crippen LogP contribution in [0.15, 0.2) is 59.7 Å². The molecule has 0 bridgehead atoms. The number of Topliss-reactive ketones (excluding diaryl/α,β-unsaturated/α-hetero) is 1. The quantitative estimate of drug-likeness (QED) is 0.521. The van der Waals surface area contributed by atoms with Gasteiger partial charge < -0.3 is 22.0 Å². The molecule has 0 spiro atoms. The number of ether oxygens (including phenoxy) is 1. The monoisotopic (exact) mass is 359 g/mol. The van der Waals surface area contributed by atoms with Gasteiger partial charge in [0, 0.05) is 5.56 Å². The van der Waals surface area contributed by atoms with Crippen molar-refractivity contribution in [2.45, 2.75) is 0 Å². The fourth-order valence-corrected chi connectivity index (χ4v) is 2.51. The summed E-state index contributed by atoms with van der Waals surface area (Å²) in [6, 6.07) is 16.7. The molecule has 25 heavy (non-hydrogen) atoms. The molecule has 2 aromatic carbocycles. The van der Waals surface area contributed by atoms with Crippen molar-refractivity contribution in [3.8, 4) is 11.5 Å². The molecule has 5 nitrogen and oxygen atoms in total. The fraction of sp³-hybridized carbons (Fsp3) is 0.263. The molecule has 3 rings (SSSR count). The van der Waals surface area contributed by atoms with Crippen molar-refractivity contribution < 1.29 is 26.8 Å². The van der Waals surface area contributed by atoms with E-state index in [1.165, 1.54) is 11.1 Å². The second kappa shape index (κ2) is 9.20. The molecule has 0 aromatic heterocycles. The summed E-state index contributed by atoms with van der Waals surface area (Å²) in [4.78, 5) is 13.7. The fourth-order valence-electron chi connectivity index (χ4n) is 2.51. The number of hydrazone groups is 1. The highest BCUT2D eigenvalue weighted by molar-refractivity contribution is 6.35. The van der Waals surface area contributed by atoms with Crippen molar-refractivity contribution in [3.63, 3.8) is 0 Å². The lowest BCUT2D eigenvalue weighted by molar-refractivity contribution is -0.884. The predicted octanol–water partition coefficient (Wildman–Crippen LogP) is -1.52. The molecule has 0 aliphatic carbocycles. The summed E-state index contributed by atoms with van der Waals surface area (Å²) in [5.74, 6) is 1.39. The van der Waals surface area contributed by atoms with Gasteiger partial charge in [-0.05, 0) is 36.4 Å². The van der Waals surface area contributed by atoms with E-state index >= 15 is 0 Å². The molecule has 0 radical (unpaired) electrons. The van der Waals surface area contributed by atoms with Gasteiger partial charge in [-0.3, -0.25) is 9.80 Å². The van der Waals surface area contributed by atoms with Crippen LogP contribution >= 0.6 is 0 Å². The molecule has 1 aliphatic heterocycles. The summed E-state index contributed by atoms with van der Waals surface area (Å²) in [6.07, 6.45) is 1.41. The molecule has 0 saturated carbocycles. The van der Waals surface area contributed by atoms with Gasteiger partial charge in [-0.1, -0.05) is 18.2 Å². The van der Waals surface area contributed by atoms with E-state index in [4.69, 9.17) is 4.74 Å². The number of carbonyl (C=O) groups is 1. The maximum atomic E-state index is 12.2. The standard InChI is InChI=1S/C19H21N3O2.ClH/c1-21-11-13-22(14-12-21)20-15-19(23)16-7-9-18(10-8-16)24-17-5-3-2-4-6-17;/h2-10,15H,11-14H2,1H3;1H/b20-15+;. The van der Waals surface area contributed by atoms with Gasteiger partial charge in [-0.25, -0.2) is 0 Å². The Bertz CT molecular complexity index is 696. The van der Waals surface area contributed by atoms with Gasteiger partial charge in [-0.2, -0.15) is 5.10 Å². The highest BCUT2D eigenvalue weighted by Gasteiger charge is 2.14. The summed E-state index contributed by atoms with van der Waals surface area (Å²) in [5, 5.41) is 6.25. The Morgan fingerprint density at radius 1 is 1.04 bits per heavy atom. The molecule has 132 valence electrons. The number of piperazine rings is 1. The number of hydrogen-bond donors (Lipinski definition) is 1. The second-order valence-corrected chi connectivity index (χ2v) is 5.96. The molecule has 1 saturated heterocycles. The highest BCUT2D eigenvalue weighted by Crippen LogP contribution is 2.21. The predicted molar refractivity (Wildman–Crippen MR) is 94.0 cm³/mol. The van der Waals surface area contributed by atoms with Crippen molar-refractivity contribution in [2.24, 2.45) is 5.10 Å². The van der Waals surface area contributed by atoms with Crippen LogP contribution in [0.1, 0.15) is 10.4 Å². The Morgan fingerprint density at radius 3 is 2.28 bits per heavy atom. The second-order valence-electron chi connectivity index (χ2n) is 5.96. The molecule has 1 N–H and O–H groups in total. The van der Waals surface area contributed by atoms with Crippen LogP contribution in [0.4, 0.5) is 0 Å². The molecular weight excluding hydrogens is 338 g/mol. The number of para-hydroxylation sites is 1. The third-order valence-corrected chi connectivity index (χ3v) is 4.05. The number of nitrogens with zero attached hydrogens (tertiary/aromatic N) is 2. The van der Waals surface area contributed by atoms with Crippen molar-refractivity contribution in [1.82, 2.24) is 5.01 Å². The van der Waals surface area contributed by atoms with Crippen LogP contribution in [0.25, 0.3) is 0 Å². The Hall–Kier alpha value is -2.37. The lowest BCUT2D eigenvalue weighted by Gasteiger charge is -2.27. The number of carbonyl (C=O) groups excluding carboxylic acids is 1. The number of quaternary nitrogens is 1. The van der Waals surface area contributed by atoms with E-state index in [2.05, 4.69) is 12.1 Å². The number of nitrogens with one attached hydrogen (secondary N) is 1. The first kappa shape index (κ1) is 19.0. The number of halogens is 1. The first-order valence-corrected chi connectivity index (χ1v) is 8.18. The Balaban J connectivity index is 0.00000225. The van der Waals surface area contributed by atoms with Crippen LogP contribution < -0.4 is 22.0 Å². The van der Waals surface area contributed by atoms with Crippen LogP contribution in [0.2, 0.25) is 0 Å². The van der Waals surface area contributed by atoms with Crippen LogP contribution in [0.5, 0.6) is 11.5 Å². The normalized spacial score (nSPS) is 15.0. The molecule has 1 heterocycles. The number of rotatable bonds is 5. The first-order chi connectivity index (χ1) is 11.7. The Morgan fingerprint density at radius 2 is 1.64 bits per heavy atom. The smallest absolute Gasteiger partial charge is 0.205 e. The zero-order valence-electron chi connectivity index (χ0n) is 14.2. The molecular formula is C19H22ClN3O2. The molecule has 0 atom stereocenters. The SMILES string of the molecule is C[NH+]1CCN(/N=C/C(=O)c2ccc(Oc3ccccc3)cc2)CC1.[Cl-]. The van der Waals surface area contributed by atoms with Gasteiger partial charge in [0.15, 0.2) is 0 Å². The molecule has 0 unspecified atom stereocenters. The number of benzene rings is 2. The van der Waals surface area contributed by atoms with Crippen LogP contribution in [0, 0.1) is 0 Å². The van der Waals surface area contributed by atoms with Crippen LogP contribution in [-0.4, -0.2) is 50.2 Å². The summed E-state index contributed by atoms with van der Waals surface area (Å²) in [5.41, 5.74) is 0.610. The first-order valence-electron chi connectivity index (χ1n) is 8.18. The maximum absolute atomic E-state index is 12.2. The van der Waals surface area contributed by atoms with Gasteiger partial charge >= 0.3 is 0 Å². The van der Waals surface area contributed by atoms with Gasteiger partial charge in [0.2, 0.25) is 5.78 Å². The summed E-state index contributed by atoms with van der Waals surface area (Å²) in [6.45, 7) is 3.88. The Labute approximate surface area is 154 Å². The van der Waals surface area contributed by atoms with Crippen molar-refractivity contribution >= 4 is 12.0 Å². The number of ketones is 1. The third-order valence-electron chi connectivity index (χ3n) is 4.05. The van der Waals surface area contributed by atoms with E-state index in [9.17, 15) is 4.79 Å². The third kappa shape index (κ3) is 5.59. The van der Waals surface area contributed by atoms with E-state index in [-0.39, 0.29) is 18.2 Å². The topological polar surface area (TPSA) is 46.3 Å². The van der Waals surface area contributed by atoms with Gasteiger partial charge in [0.1, 0.15) is 11.5 Å². The van der Waals surface area contributed by atoms with Gasteiger partial charge in [-0.15, -0.1) is 0 Å². The minimum absolute atomic E-state index is 0. The van der Waals surface area contributed by atoms with Gasteiger partial charge in [0.05, 0.1) is 39.4 Å². The minimum Gasteiger partial charge on any atom is -1.00 e. The maximum Gasteiger partial charge on any atom is 0.205 e. The van der Waals surface area contributed by atoms with Crippen molar-refractivity contribution in [1.29, 1.82) is 0 Å². The average Bonchev–Trinajstić information content (AvgIpc) is 2.62. The van der Waals surface area contributed by atoms with E-state index < -0.39 is 0 Å². The number of hydrogen-bond acceptors (Lipinski definition) is 4. The molecule has 0 amide bonds. The molecule has 6 heteroatoms. The number of likely N-dealkylation sites (N-methyl/N-ethyl adjacent to an activating group) is 1. The van der Waals surface area contributed by atoms with Gasteiger partial charge in [0.25, 0.3) is 0 Å². The van der Waals surface area contributed by atoms with Crippen LogP contribution in [-0.2, 0) is 0 Å².